The molecule has 5 nitrogen and oxygen atoms in total. The Morgan fingerprint density at radius 2 is 2.00 bits per heavy atom. The average Bonchev–Trinajstić information content (AvgIpc) is 3.25. The van der Waals surface area contributed by atoms with Crippen molar-refractivity contribution in [1.82, 2.24) is 20.0 Å². The van der Waals surface area contributed by atoms with Crippen molar-refractivity contribution >= 4 is 16.7 Å². The van der Waals surface area contributed by atoms with Crippen molar-refractivity contribution in [3.05, 3.63) is 83.3 Å². The van der Waals surface area contributed by atoms with E-state index in [1.54, 1.807) is 12.4 Å². The van der Waals surface area contributed by atoms with Crippen LogP contribution in [-0.2, 0) is 13.0 Å². The summed E-state index contributed by atoms with van der Waals surface area (Å²) in [7, 11) is 0. The molecule has 0 radical (unpaired) electrons. The van der Waals surface area contributed by atoms with Gasteiger partial charge in [0, 0.05) is 23.6 Å². The predicted octanol–water partition coefficient (Wildman–Crippen LogP) is 3.51. The van der Waals surface area contributed by atoms with E-state index in [1.165, 1.54) is 4.68 Å². The number of nitrogens with one attached hydrogen (secondary N) is 1. The van der Waals surface area contributed by atoms with E-state index in [2.05, 4.69) is 15.3 Å². The molecule has 2 heterocycles. The smallest absolute Gasteiger partial charge is 0.188 e. The quantitative estimate of drug-likeness (QED) is 0.559. The largest absolute Gasteiger partial charge is 0.292 e. The first-order valence-electron chi connectivity index (χ1n) is 8.02. The van der Waals surface area contributed by atoms with Crippen LogP contribution in [-0.4, -0.2) is 25.8 Å². The standard InChI is InChI=1S/C19H14F2N4O/c20-14-5-6-16(21)13(8-14)11-25-10-12(9-22-25)7-18(26)19-15-3-1-2-4-17(15)23-24-19/h1-6,8-10H,7,11H2,(H,23,24). The Morgan fingerprint density at radius 1 is 1.15 bits per heavy atom. The van der Waals surface area contributed by atoms with Crippen molar-refractivity contribution in [3.63, 3.8) is 0 Å². The number of halogens is 2. The van der Waals surface area contributed by atoms with E-state index >= 15 is 0 Å². The molecule has 1 N–H and O–H groups in total. The molecule has 0 unspecified atom stereocenters. The second-order valence-corrected chi connectivity index (χ2v) is 6.00. The summed E-state index contributed by atoms with van der Waals surface area (Å²) in [5, 5.41) is 11.8. The highest BCUT2D eigenvalue weighted by Gasteiger charge is 2.15. The van der Waals surface area contributed by atoms with Crippen molar-refractivity contribution < 1.29 is 13.6 Å². The number of aromatic amines is 1. The van der Waals surface area contributed by atoms with Gasteiger partial charge in [-0.3, -0.25) is 14.6 Å². The van der Waals surface area contributed by atoms with Gasteiger partial charge in [0.25, 0.3) is 0 Å². The van der Waals surface area contributed by atoms with Gasteiger partial charge in [0.1, 0.15) is 17.3 Å². The van der Waals surface area contributed by atoms with E-state index in [4.69, 9.17) is 0 Å². The van der Waals surface area contributed by atoms with Gasteiger partial charge in [-0.25, -0.2) is 8.78 Å². The second-order valence-electron chi connectivity index (χ2n) is 6.00. The number of H-pyrrole nitrogens is 1. The summed E-state index contributed by atoms with van der Waals surface area (Å²) in [6.45, 7) is 0.0864. The number of nitrogens with zero attached hydrogens (tertiary/aromatic N) is 3. The number of ketones is 1. The minimum absolute atomic E-state index is 0.0864. The SMILES string of the molecule is O=C(Cc1cnn(Cc2cc(F)ccc2F)c1)c1n[nH]c2ccccc12. The van der Waals surface area contributed by atoms with Crippen LogP contribution < -0.4 is 0 Å². The summed E-state index contributed by atoms with van der Waals surface area (Å²) in [5.41, 5.74) is 2.06. The summed E-state index contributed by atoms with van der Waals surface area (Å²) in [6.07, 6.45) is 3.32. The molecule has 0 bridgehead atoms. The van der Waals surface area contributed by atoms with Crippen LogP contribution in [0.5, 0.6) is 0 Å². The lowest BCUT2D eigenvalue weighted by Gasteiger charge is -2.03. The van der Waals surface area contributed by atoms with Crippen LogP contribution in [0, 0.1) is 11.6 Å². The van der Waals surface area contributed by atoms with Crippen LogP contribution in [0.15, 0.2) is 54.9 Å². The topological polar surface area (TPSA) is 63.6 Å². The highest BCUT2D eigenvalue weighted by molar-refractivity contribution is 6.06. The molecule has 7 heteroatoms. The van der Waals surface area contributed by atoms with Crippen LogP contribution in [0.3, 0.4) is 0 Å². The Balaban J connectivity index is 1.51. The molecule has 0 saturated carbocycles. The zero-order valence-electron chi connectivity index (χ0n) is 13.6. The van der Waals surface area contributed by atoms with E-state index in [-0.39, 0.29) is 24.3 Å². The zero-order chi connectivity index (χ0) is 18.1. The Kier molecular flexibility index (Phi) is 4.04. The van der Waals surface area contributed by atoms with Gasteiger partial charge in [-0.2, -0.15) is 10.2 Å². The van der Waals surface area contributed by atoms with Crippen LogP contribution in [0.25, 0.3) is 10.9 Å². The Bertz CT molecular complexity index is 1100. The summed E-state index contributed by atoms with van der Waals surface area (Å²) >= 11 is 0. The van der Waals surface area contributed by atoms with Gasteiger partial charge in [-0.1, -0.05) is 18.2 Å². The highest BCUT2D eigenvalue weighted by atomic mass is 19.1. The zero-order valence-corrected chi connectivity index (χ0v) is 13.6. The third kappa shape index (κ3) is 3.11. The molecule has 0 saturated heterocycles. The lowest BCUT2D eigenvalue weighted by molar-refractivity contribution is 0.0989. The number of benzene rings is 2. The van der Waals surface area contributed by atoms with Crippen molar-refractivity contribution in [1.29, 1.82) is 0 Å². The maximum atomic E-state index is 13.7. The summed E-state index contributed by atoms with van der Waals surface area (Å²) in [5.74, 6) is -1.14. The van der Waals surface area contributed by atoms with Gasteiger partial charge in [-0.15, -0.1) is 0 Å². The van der Waals surface area contributed by atoms with E-state index in [0.717, 1.165) is 29.1 Å². The van der Waals surface area contributed by atoms with Crippen molar-refractivity contribution in [3.8, 4) is 0 Å². The molecule has 4 aromatic rings. The van der Waals surface area contributed by atoms with Crippen LogP contribution in [0.1, 0.15) is 21.6 Å². The van der Waals surface area contributed by atoms with Gasteiger partial charge in [0.15, 0.2) is 5.78 Å². The average molecular weight is 352 g/mol. The molecule has 0 amide bonds. The number of carbonyl (C=O) groups excluding carboxylic acids is 1. The molecule has 2 aromatic carbocycles. The van der Waals surface area contributed by atoms with Crippen LogP contribution in [0.2, 0.25) is 0 Å². The first-order chi connectivity index (χ1) is 12.6. The molecular weight excluding hydrogens is 338 g/mol. The molecule has 0 aliphatic heterocycles. The fraction of sp³-hybridized carbons (Fsp3) is 0.105. The second kappa shape index (κ2) is 6.51. The molecule has 0 aliphatic carbocycles. The number of rotatable bonds is 5. The van der Waals surface area contributed by atoms with Gasteiger partial charge >= 0.3 is 0 Å². The Morgan fingerprint density at radius 3 is 2.88 bits per heavy atom. The van der Waals surface area contributed by atoms with Gasteiger partial charge in [0.05, 0.1) is 18.3 Å². The molecule has 0 aliphatic rings. The maximum absolute atomic E-state index is 13.7. The molecule has 0 fully saturated rings. The van der Waals surface area contributed by atoms with Crippen molar-refractivity contribution in [2.24, 2.45) is 0 Å². The minimum atomic E-state index is -0.505. The first-order valence-corrected chi connectivity index (χ1v) is 8.02. The van der Waals surface area contributed by atoms with E-state index in [0.29, 0.717) is 11.3 Å². The molecule has 26 heavy (non-hydrogen) atoms. The number of hydrogen-bond donors (Lipinski definition) is 1. The molecule has 2 aromatic heterocycles. The fourth-order valence-corrected chi connectivity index (χ4v) is 2.87. The minimum Gasteiger partial charge on any atom is -0.292 e. The molecular formula is C19H14F2N4O. The van der Waals surface area contributed by atoms with E-state index < -0.39 is 11.6 Å². The summed E-state index contributed by atoms with van der Waals surface area (Å²) in [4.78, 5) is 12.5. The van der Waals surface area contributed by atoms with Crippen LogP contribution >= 0.6 is 0 Å². The van der Waals surface area contributed by atoms with Gasteiger partial charge in [0.2, 0.25) is 0 Å². The van der Waals surface area contributed by atoms with Gasteiger partial charge in [-0.05, 0) is 29.8 Å². The lowest BCUT2D eigenvalue weighted by atomic mass is 10.1. The molecule has 130 valence electrons. The van der Waals surface area contributed by atoms with Crippen molar-refractivity contribution in [2.75, 3.05) is 0 Å². The number of aromatic nitrogens is 4. The first kappa shape index (κ1) is 16.1. The number of hydrogen-bond acceptors (Lipinski definition) is 3. The van der Waals surface area contributed by atoms with Crippen molar-refractivity contribution in [2.45, 2.75) is 13.0 Å². The third-order valence-electron chi connectivity index (χ3n) is 4.13. The number of para-hydroxylation sites is 1. The number of Topliss-reactive ketones (excluding diaryl/α,β-unsaturated/α-hetero) is 1. The van der Waals surface area contributed by atoms with Crippen LogP contribution in [0.4, 0.5) is 8.78 Å². The third-order valence-corrected chi connectivity index (χ3v) is 4.13. The highest BCUT2D eigenvalue weighted by Crippen LogP contribution is 2.17. The molecule has 4 rings (SSSR count). The molecule has 0 atom stereocenters. The fourth-order valence-electron chi connectivity index (χ4n) is 2.87. The number of fused-ring (bicyclic) bond motifs is 1. The normalized spacial score (nSPS) is 11.2. The Labute approximate surface area is 147 Å². The summed E-state index contributed by atoms with van der Waals surface area (Å²) in [6, 6.07) is 10.7. The predicted molar refractivity (Wildman–Crippen MR) is 91.8 cm³/mol. The van der Waals surface area contributed by atoms with E-state index in [9.17, 15) is 13.6 Å². The monoisotopic (exact) mass is 352 g/mol. The van der Waals surface area contributed by atoms with Gasteiger partial charge < -0.3 is 0 Å². The summed E-state index contributed by atoms with van der Waals surface area (Å²) < 4.78 is 28.5. The maximum Gasteiger partial charge on any atom is 0.188 e. The number of carbonyl (C=O) groups is 1. The Hall–Kier alpha value is -3.35. The van der Waals surface area contributed by atoms with E-state index in [1.807, 2.05) is 24.3 Å². The lowest BCUT2D eigenvalue weighted by Crippen LogP contribution is -2.05. The molecule has 0 spiro atoms.